The second kappa shape index (κ2) is 6.37. The van der Waals surface area contributed by atoms with E-state index < -0.39 is 0 Å². The number of rotatable bonds is 4. The van der Waals surface area contributed by atoms with Crippen molar-refractivity contribution < 1.29 is 0 Å². The van der Waals surface area contributed by atoms with Gasteiger partial charge in [-0.2, -0.15) is 0 Å². The van der Waals surface area contributed by atoms with Gasteiger partial charge in [-0.3, -0.25) is 9.88 Å². The van der Waals surface area contributed by atoms with E-state index >= 15 is 0 Å². The monoisotopic (exact) mass is 357 g/mol. The maximum Gasteiger partial charge on any atom is 0.145 e. The number of aromatic nitrogens is 3. The summed E-state index contributed by atoms with van der Waals surface area (Å²) in [5, 5.41) is 0.894. The number of nitrogen functional groups attached to an aromatic ring is 1. The molecule has 2 aromatic heterocycles. The number of fused-ring (bicyclic) bond motifs is 1. The predicted molar refractivity (Wildman–Crippen MR) is 91.1 cm³/mol. The van der Waals surface area contributed by atoms with E-state index in [-0.39, 0.29) is 0 Å². The molecule has 2 heterocycles. The zero-order valence-corrected chi connectivity index (χ0v) is 13.8. The summed E-state index contributed by atoms with van der Waals surface area (Å²) < 4.78 is 0.976. The largest absolute Gasteiger partial charge is 0.383 e. The van der Waals surface area contributed by atoms with Gasteiger partial charge in [-0.05, 0) is 46.7 Å². The topological polar surface area (TPSA) is 67.9 Å². The molecular formula is C16H16BrN5. The van der Waals surface area contributed by atoms with Gasteiger partial charge in [0.1, 0.15) is 11.6 Å². The Hall–Kier alpha value is -2.05. The van der Waals surface area contributed by atoms with Crippen molar-refractivity contribution in [1.82, 2.24) is 19.9 Å². The molecule has 1 aromatic carbocycles. The van der Waals surface area contributed by atoms with Gasteiger partial charge in [0, 0.05) is 28.8 Å². The Bertz CT molecular complexity index is 805. The van der Waals surface area contributed by atoms with Gasteiger partial charge >= 0.3 is 0 Å². The van der Waals surface area contributed by atoms with E-state index in [9.17, 15) is 0 Å². The van der Waals surface area contributed by atoms with Gasteiger partial charge in [-0.15, -0.1) is 0 Å². The van der Waals surface area contributed by atoms with Crippen LogP contribution in [0, 0.1) is 0 Å². The van der Waals surface area contributed by atoms with Crippen LogP contribution in [0.4, 0.5) is 5.82 Å². The highest BCUT2D eigenvalue weighted by Gasteiger charge is 2.08. The Kier molecular flexibility index (Phi) is 4.31. The lowest BCUT2D eigenvalue weighted by molar-refractivity contribution is 0.311. The molecule has 0 aliphatic rings. The number of pyridine rings is 1. The molecule has 2 N–H and O–H groups in total. The smallest absolute Gasteiger partial charge is 0.145 e. The number of halogens is 1. The Labute approximate surface area is 137 Å². The predicted octanol–water partition coefficient (Wildman–Crippen LogP) is 3.00. The van der Waals surface area contributed by atoms with E-state index in [1.54, 1.807) is 6.20 Å². The lowest BCUT2D eigenvalue weighted by Gasteiger charge is -2.16. The molecule has 0 atom stereocenters. The Balaban J connectivity index is 1.77. The van der Waals surface area contributed by atoms with Crippen LogP contribution in [0.25, 0.3) is 10.9 Å². The molecular weight excluding hydrogens is 342 g/mol. The fourth-order valence-corrected chi connectivity index (χ4v) is 2.79. The number of nitrogens with two attached hydrogens (primary N) is 1. The zero-order valence-electron chi connectivity index (χ0n) is 12.2. The molecule has 5 nitrogen and oxygen atoms in total. The summed E-state index contributed by atoms with van der Waals surface area (Å²) >= 11 is 3.43. The Morgan fingerprint density at radius 3 is 2.77 bits per heavy atom. The highest BCUT2D eigenvalue weighted by Crippen LogP contribution is 2.18. The number of anilines is 1. The van der Waals surface area contributed by atoms with Gasteiger partial charge in [0.25, 0.3) is 0 Å². The van der Waals surface area contributed by atoms with Crippen LogP contribution in [0.3, 0.4) is 0 Å². The van der Waals surface area contributed by atoms with E-state index in [4.69, 9.17) is 5.73 Å². The van der Waals surface area contributed by atoms with Crippen LogP contribution in [-0.2, 0) is 13.1 Å². The van der Waals surface area contributed by atoms with Crippen molar-refractivity contribution in [3.63, 3.8) is 0 Å². The van der Waals surface area contributed by atoms with Crippen LogP contribution in [0.2, 0.25) is 0 Å². The van der Waals surface area contributed by atoms with Crippen molar-refractivity contribution in [3.05, 3.63) is 58.6 Å². The molecule has 0 aliphatic carbocycles. The molecule has 0 fully saturated rings. The van der Waals surface area contributed by atoms with Gasteiger partial charge in [0.15, 0.2) is 0 Å². The standard InChI is InChI=1S/C16H16BrN5/c1-22(9-11-6-12(17)8-19-7-11)10-15-20-14-5-3-2-4-13(14)16(18)21-15/h2-8H,9-10H2,1H3,(H2,18,20,21). The molecule has 22 heavy (non-hydrogen) atoms. The van der Waals surface area contributed by atoms with E-state index in [0.29, 0.717) is 12.4 Å². The Morgan fingerprint density at radius 1 is 1.14 bits per heavy atom. The third-order valence-electron chi connectivity index (χ3n) is 3.30. The molecule has 0 spiro atoms. The third-order valence-corrected chi connectivity index (χ3v) is 3.74. The summed E-state index contributed by atoms with van der Waals surface area (Å²) in [4.78, 5) is 15.3. The molecule has 3 aromatic rings. The van der Waals surface area contributed by atoms with Gasteiger partial charge < -0.3 is 5.73 Å². The highest BCUT2D eigenvalue weighted by molar-refractivity contribution is 9.10. The fourth-order valence-electron chi connectivity index (χ4n) is 2.37. The van der Waals surface area contributed by atoms with Crippen LogP contribution >= 0.6 is 15.9 Å². The number of para-hydroxylation sites is 1. The number of hydrogen-bond donors (Lipinski definition) is 1. The molecule has 0 bridgehead atoms. The van der Waals surface area contributed by atoms with Crippen molar-refractivity contribution in [1.29, 1.82) is 0 Å². The first kappa shape index (κ1) is 14.9. The third kappa shape index (κ3) is 3.40. The molecule has 0 aliphatic heterocycles. The minimum atomic E-state index is 0.526. The maximum absolute atomic E-state index is 6.02. The molecule has 3 rings (SSSR count). The molecule has 0 saturated heterocycles. The zero-order chi connectivity index (χ0) is 15.5. The van der Waals surface area contributed by atoms with Crippen molar-refractivity contribution in [2.45, 2.75) is 13.1 Å². The molecule has 0 unspecified atom stereocenters. The fraction of sp³-hybridized carbons (Fsp3) is 0.188. The summed E-state index contributed by atoms with van der Waals surface area (Å²) in [7, 11) is 2.02. The van der Waals surface area contributed by atoms with Crippen molar-refractivity contribution >= 4 is 32.7 Å². The van der Waals surface area contributed by atoms with Crippen molar-refractivity contribution in [2.75, 3.05) is 12.8 Å². The quantitative estimate of drug-likeness (QED) is 0.777. The second-order valence-corrected chi connectivity index (χ2v) is 6.14. The molecule has 0 radical (unpaired) electrons. The van der Waals surface area contributed by atoms with Crippen LogP contribution in [0.5, 0.6) is 0 Å². The minimum Gasteiger partial charge on any atom is -0.383 e. The Morgan fingerprint density at radius 2 is 1.95 bits per heavy atom. The number of hydrogen-bond acceptors (Lipinski definition) is 5. The summed E-state index contributed by atoms with van der Waals surface area (Å²) in [5.41, 5.74) is 8.03. The van der Waals surface area contributed by atoms with E-state index in [1.165, 1.54) is 0 Å². The van der Waals surface area contributed by atoms with E-state index in [1.807, 2.05) is 37.5 Å². The van der Waals surface area contributed by atoms with Crippen LogP contribution in [0.15, 0.2) is 47.2 Å². The number of benzene rings is 1. The van der Waals surface area contributed by atoms with Gasteiger partial charge in [-0.1, -0.05) is 12.1 Å². The van der Waals surface area contributed by atoms with Crippen LogP contribution < -0.4 is 5.73 Å². The first-order chi connectivity index (χ1) is 10.6. The minimum absolute atomic E-state index is 0.526. The average molecular weight is 358 g/mol. The highest BCUT2D eigenvalue weighted by atomic mass is 79.9. The summed E-state index contributed by atoms with van der Waals surface area (Å²) in [6, 6.07) is 9.84. The van der Waals surface area contributed by atoms with Crippen molar-refractivity contribution in [3.8, 4) is 0 Å². The lowest BCUT2D eigenvalue weighted by Crippen LogP contribution is -2.19. The number of nitrogens with zero attached hydrogens (tertiary/aromatic N) is 4. The average Bonchev–Trinajstić information content (AvgIpc) is 2.47. The normalized spacial score (nSPS) is 11.2. The van der Waals surface area contributed by atoms with E-state index in [2.05, 4.69) is 41.8 Å². The maximum atomic E-state index is 6.02. The lowest BCUT2D eigenvalue weighted by atomic mass is 10.2. The SMILES string of the molecule is CN(Cc1cncc(Br)c1)Cc1nc(N)c2ccccc2n1. The van der Waals surface area contributed by atoms with Crippen LogP contribution in [-0.4, -0.2) is 26.9 Å². The van der Waals surface area contributed by atoms with Crippen LogP contribution in [0.1, 0.15) is 11.4 Å². The van der Waals surface area contributed by atoms with Gasteiger partial charge in [-0.25, -0.2) is 9.97 Å². The molecule has 6 heteroatoms. The van der Waals surface area contributed by atoms with E-state index in [0.717, 1.165) is 33.3 Å². The molecule has 0 amide bonds. The summed E-state index contributed by atoms with van der Waals surface area (Å²) in [6.45, 7) is 1.39. The molecule has 0 saturated carbocycles. The first-order valence-electron chi connectivity index (χ1n) is 6.91. The van der Waals surface area contributed by atoms with Gasteiger partial charge in [0.2, 0.25) is 0 Å². The summed E-state index contributed by atoms with van der Waals surface area (Å²) in [6.07, 6.45) is 3.63. The second-order valence-electron chi connectivity index (χ2n) is 5.23. The molecule has 112 valence electrons. The first-order valence-corrected chi connectivity index (χ1v) is 7.70. The van der Waals surface area contributed by atoms with Gasteiger partial charge in [0.05, 0.1) is 12.1 Å². The summed E-state index contributed by atoms with van der Waals surface area (Å²) in [5.74, 6) is 1.25. The van der Waals surface area contributed by atoms with Crippen molar-refractivity contribution in [2.24, 2.45) is 0 Å².